The summed E-state index contributed by atoms with van der Waals surface area (Å²) < 4.78 is 5.49. The Kier molecular flexibility index (Phi) is 12.7. The molecule has 0 radical (unpaired) electrons. The summed E-state index contributed by atoms with van der Waals surface area (Å²) in [5, 5.41) is 11.7. The van der Waals surface area contributed by atoms with E-state index in [1.165, 1.54) is 4.88 Å². The third-order valence-corrected chi connectivity index (χ3v) is 5.68. The van der Waals surface area contributed by atoms with E-state index in [0.29, 0.717) is 19.0 Å². The highest BCUT2D eigenvalue weighted by Gasteiger charge is 2.23. The molecule has 7 nitrogen and oxygen atoms in total. The summed E-state index contributed by atoms with van der Waals surface area (Å²) in [4.78, 5) is 20.0. The van der Waals surface area contributed by atoms with Crippen LogP contribution < -0.4 is 16.0 Å². The van der Waals surface area contributed by atoms with E-state index >= 15 is 0 Å². The molecule has 1 aliphatic heterocycles. The van der Waals surface area contributed by atoms with Crippen molar-refractivity contribution in [1.29, 1.82) is 0 Å². The minimum Gasteiger partial charge on any atom is -0.379 e. The van der Waals surface area contributed by atoms with Gasteiger partial charge in [0.2, 0.25) is 5.91 Å². The first-order valence-electron chi connectivity index (χ1n) is 9.73. The highest BCUT2D eigenvalue weighted by molar-refractivity contribution is 14.0. The standard InChI is InChI=1S/C19H33N5O2S.HI/c1-4-15(2)23-18(25)7-8-21-19(20-3)22-14-16(17-6-5-13-27-17)24-9-11-26-12-10-24;/h5-6,13,15-16H,4,7-12,14H2,1-3H3,(H,23,25)(H2,20,21,22);1H. The molecule has 0 spiro atoms. The SMILES string of the molecule is CCC(C)NC(=O)CCNC(=NC)NCC(c1cccs1)N1CCOCC1.I. The van der Waals surface area contributed by atoms with Gasteiger partial charge in [0.25, 0.3) is 0 Å². The fourth-order valence-electron chi connectivity index (χ4n) is 2.94. The average Bonchev–Trinajstić information content (AvgIpc) is 3.22. The third-order valence-electron chi connectivity index (χ3n) is 4.71. The number of aliphatic imine (C=N–C) groups is 1. The van der Waals surface area contributed by atoms with Gasteiger partial charge in [-0.2, -0.15) is 0 Å². The molecule has 28 heavy (non-hydrogen) atoms. The summed E-state index contributed by atoms with van der Waals surface area (Å²) in [5.74, 6) is 0.790. The van der Waals surface area contributed by atoms with E-state index in [-0.39, 0.29) is 35.9 Å². The zero-order valence-electron chi connectivity index (χ0n) is 17.1. The molecule has 2 atom stereocenters. The Hall–Kier alpha value is -0.910. The lowest BCUT2D eigenvalue weighted by Crippen LogP contribution is -2.46. The number of ether oxygens (including phenoxy) is 1. The minimum atomic E-state index is 0. The second kappa shape index (κ2) is 14.1. The van der Waals surface area contributed by atoms with Gasteiger partial charge in [0.05, 0.1) is 19.3 Å². The second-order valence-corrected chi connectivity index (χ2v) is 7.67. The lowest BCUT2D eigenvalue weighted by atomic mass is 10.2. The Morgan fingerprint density at radius 3 is 2.71 bits per heavy atom. The third kappa shape index (κ3) is 8.62. The fourth-order valence-corrected chi connectivity index (χ4v) is 3.80. The molecule has 2 unspecified atom stereocenters. The van der Waals surface area contributed by atoms with Gasteiger partial charge >= 0.3 is 0 Å². The lowest BCUT2D eigenvalue weighted by molar-refractivity contribution is -0.121. The Morgan fingerprint density at radius 1 is 1.36 bits per heavy atom. The number of nitrogens with one attached hydrogen (secondary N) is 3. The van der Waals surface area contributed by atoms with Crippen molar-refractivity contribution in [2.75, 3.05) is 46.4 Å². The molecular weight excluding hydrogens is 489 g/mol. The predicted molar refractivity (Wildman–Crippen MR) is 127 cm³/mol. The number of hydrogen-bond acceptors (Lipinski definition) is 5. The van der Waals surface area contributed by atoms with Crippen LogP contribution in [0, 0.1) is 0 Å². The maximum Gasteiger partial charge on any atom is 0.221 e. The molecule has 1 aromatic heterocycles. The zero-order valence-corrected chi connectivity index (χ0v) is 20.2. The number of carbonyl (C=O) groups is 1. The van der Waals surface area contributed by atoms with Crippen molar-refractivity contribution in [2.45, 2.75) is 38.8 Å². The first-order chi connectivity index (χ1) is 13.1. The van der Waals surface area contributed by atoms with Gasteiger partial charge in [0, 0.05) is 50.6 Å². The lowest BCUT2D eigenvalue weighted by Gasteiger charge is -2.34. The number of amides is 1. The minimum absolute atomic E-state index is 0. The Balaban J connectivity index is 0.00000392. The van der Waals surface area contributed by atoms with E-state index in [9.17, 15) is 4.79 Å². The first kappa shape index (κ1) is 25.1. The van der Waals surface area contributed by atoms with E-state index in [0.717, 1.165) is 45.2 Å². The fraction of sp³-hybridized carbons (Fsp3) is 0.684. The van der Waals surface area contributed by atoms with Gasteiger partial charge in [-0.25, -0.2) is 0 Å². The topological polar surface area (TPSA) is 78.0 Å². The molecule has 0 aliphatic carbocycles. The number of thiophene rings is 1. The van der Waals surface area contributed by atoms with Gasteiger partial charge in [0.15, 0.2) is 5.96 Å². The average molecular weight is 523 g/mol. The maximum absolute atomic E-state index is 11.9. The quantitative estimate of drug-likeness (QED) is 0.263. The van der Waals surface area contributed by atoms with Crippen LogP contribution in [0.5, 0.6) is 0 Å². The number of hydrogen-bond donors (Lipinski definition) is 3. The Labute approximate surface area is 189 Å². The van der Waals surface area contributed by atoms with Crippen LogP contribution in [0.2, 0.25) is 0 Å². The van der Waals surface area contributed by atoms with E-state index < -0.39 is 0 Å². The van der Waals surface area contributed by atoms with Crippen LogP contribution in [0.25, 0.3) is 0 Å². The van der Waals surface area contributed by atoms with Crippen molar-refractivity contribution in [3.63, 3.8) is 0 Å². The van der Waals surface area contributed by atoms with Crippen LogP contribution in [-0.2, 0) is 9.53 Å². The summed E-state index contributed by atoms with van der Waals surface area (Å²) in [6.45, 7) is 8.83. The van der Waals surface area contributed by atoms with Crippen LogP contribution in [-0.4, -0.2) is 69.2 Å². The molecule has 1 aromatic rings. The van der Waals surface area contributed by atoms with Crippen molar-refractivity contribution in [3.05, 3.63) is 22.4 Å². The molecule has 0 aromatic carbocycles. The van der Waals surface area contributed by atoms with Crippen LogP contribution in [0.15, 0.2) is 22.5 Å². The summed E-state index contributed by atoms with van der Waals surface area (Å²) >= 11 is 1.78. The summed E-state index contributed by atoms with van der Waals surface area (Å²) in [7, 11) is 1.75. The molecule has 1 aliphatic rings. The van der Waals surface area contributed by atoms with Crippen molar-refractivity contribution >= 4 is 47.2 Å². The first-order valence-corrected chi connectivity index (χ1v) is 10.6. The van der Waals surface area contributed by atoms with Crippen molar-refractivity contribution in [1.82, 2.24) is 20.9 Å². The molecule has 1 saturated heterocycles. The highest BCUT2D eigenvalue weighted by atomic mass is 127. The molecule has 3 N–H and O–H groups in total. The number of carbonyl (C=O) groups excluding carboxylic acids is 1. The largest absolute Gasteiger partial charge is 0.379 e. The molecule has 160 valence electrons. The Morgan fingerprint density at radius 2 is 2.11 bits per heavy atom. The zero-order chi connectivity index (χ0) is 19.5. The molecule has 9 heteroatoms. The van der Waals surface area contributed by atoms with Crippen LogP contribution in [0.1, 0.15) is 37.6 Å². The van der Waals surface area contributed by atoms with E-state index in [1.54, 1.807) is 18.4 Å². The molecular formula is C19H34IN5O2S. The molecule has 2 heterocycles. The number of morpholine rings is 1. The molecule has 1 amide bonds. The van der Waals surface area contributed by atoms with Gasteiger partial charge in [-0.1, -0.05) is 13.0 Å². The van der Waals surface area contributed by atoms with Crippen LogP contribution in [0.3, 0.4) is 0 Å². The number of rotatable bonds is 9. The monoisotopic (exact) mass is 523 g/mol. The summed E-state index contributed by atoms with van der Waals surface area (Å²) in [5.41, 5.74) is 0. The van der Waals surface area contributed by atoms with Crippen molar-refractivity contribution < 1.29 is 9.53 Å². The smallest absolute Gasteiger partial charge is 0.221 e. The van der Waals surface area contributed by atoms with E-state index in [4.69, 9.17) is 4.74 Å². The molecule has 0 saturated carbocycles. The number of halogens is 1. The van der Waals surface area contributed by atoms with Crippen molar-refractivity contribution in [2.24, 2.45) is 4.99 Å². The second-order valence-electron chi connectivity index (χ2n) is 6.69. The van der Waals surface area contributed by atoms with Gasteiger partial charge < -0.3 is 20.7 Å². The maximum atomic E-state index is 11.9. The van der Waals surface area contributed by atoms with Crippen LogP contribution in [0.4, 0.5) is 0 Å². The summed E-state index contributed by atoms with van der Waals surface area (Å²) in [6, 6.07) is 4.79. The van der Waals surface area contributed by atoms with Crippen LogP contribution >= 0.6 is 35.3 Å². The van der Waals surface area contributed by atoms with Gasteiger partial charge in [-0.15, -0.1) is 35.3 Å². The van der Waals surface area contributed by atoms with Crippen molar-refractivity contribution in [3.8, 4) is 0 Å². The molecule has 1 fully saturated rings. The number of nitrogens with zero attached hydrogens (tertiary/aromatic N) is 2. The number of guanidine groups is 1. The van der Waals surface area contributed by atoms with Gasteiger partial charge in [-0.05, 0) is 24.8 Å². The normalized spacial score (nSPS) is 17.3. The Bertz CT molecular complexity index is 579. The van der Waals surface area contributed by atoms with E-state index in [1.807, 2.05) is 6.92 Å². The predicted octanol–water partition coefficient (Wildman–Crippen LogP) is 2.21. The van der Waals surface area contributed by atoms with Gasteiger partial charge in [0.1, 0.15) is 0 Å². The molecule has 2 rings (SSSR count). The van der Waals surface area contributed by atoms with E-state index in [2.05, 4.69) is 50.3 Å². The van der Waals surface area contributed by atoms with Gasteiger partial charge in [-0.3, -0.25) is 14.7 Å². The highest BCUT2D eigenvalue weighted by Crippen LogP contribution is 2.25. The molecule has 0 bridgehead atoms. The summed E-state index contributed by atoms with van der Waals surface area (Å²) in [6.07, 6.45) is 1.37.